The van der Waals surface area contributed by atoms with Crippen LogP contribution in [0.3, 0.4) is 0 Å². The van der Waals surface area contributed by atoms with E-state index >= 15 is 0 Å². The van der Waals surface area contributed by atoms with Crippen molar-refractivity contribution in [3.8, 4) is 11.1 Å². The number of halogens is 1. The maximum Gasteiger partial charge on any atom is 0.251 e. The second-order valence-electron chi connectivity index (χ2n) is 6.36. The summed E-state index contributed by atoms with van der Waals surface area (Å²) in [6.45, 7) is 10.4. The van der Waals surface area contributed by atoms with Crippen LogP contribution in [0.2, 0.25) is 0 Å². The van der Waals surface area contributed by atoms with E-state index in [0.717, 1.165) is 23.4 Å². The number of carbonyl (C=O) groups is 1. The van der Waals surface area contributed by atoms with Gasteiger partial charge >= 0.3 is 0 Å². The van der Waals surface area contributed by atoms with E-state index in [4.69, 9.17) is 5.73 Å². The summed E-state index contributed by atoms with van der Waals surface area (Å²) in [7, 11) is 0. The molecule has 3 nitrogen and oxygen atoms in total. The Morgan fingerprint density at radius 1 is 1.30 bits per heavy atom. The molecular weight excluding hydrogens is 291 g/mol. The number of nitrogens with zero attached hydrogens (tertiary/aromatic N) is 1. The number of amides is 1. The molecular formula is C19H25FN2O. The highest BCUT2D eigenvalue weighted by Crippen LogP contribution is 2.36. The second kappa shape index (κ2) is 6.57. The van der Waals surface area contributed by atoms with Crippen LogP contribution >= 0.6 is 0 Å². The summed E-state index contributed by atoms with van der Waals surface area (Å²) in [5.74, 6) is -0.374. The molecule has 1 aromatic carbocycles. The Morgan fingerprint density at radius 2 is 1.96 bits per heavy atom. The van der Waals surface area contributed by atoms with Crippen LogP contribution in [0.25, 0.3) is 11.1 Å². The van der Waals surface area contributed by atoms with Crippen molar-refractivity contribution in [3.05, 3.63) is 47.0 Å². The molecule has 0 aliphatic rings. The molecule has 1 amide bonds. The van der Waals surface area contributed by atoms with Crippen LogP contribution in [-0.2, 0) is 6.42 Å². The van der Waals surface area contributed by atoms with Crippen LogP contribution in [0.5, 0.6) is 0 Å². The highest BCUT2D eigenvalue weighted by atomic mass is 19.1. The summed E-state index contributed by atoms with van der Waals surface area (Å²) >= 11 is 0. The van der Waals surface area contributed by atoms with Crippen molar-refractivity contribution < 1.29 is 9.18 Å². The molecule has 0 fully saturated rings. The fraction of sp³-hybridized carbons (Fsp3) is 0.421. The summed E-state index contributed by atoms with van der Waals surface area (Å²) in [5, 5.41) is 0. The van der Waals surface area contributed by atoms with E-state index in [-0.39, 0.29) is 11.9 Å². The van der Waals surface area contributed by atoms with E-state index in [9.17, 15) is 9.18 Å². The maximum atomic E-state index is 13.7. The highest BCUT2D eigenvalue weighted by Gasteiger charge is 2.27. The van der Waals surface area contributed by atoms with Crippen molar-refractivity contribution in [3.63, 3.8) is 0 Å². The van der Waals surface area contributed by atoms with Crippen LogP contribution in [0, 0.1) is 18.7 Å². The summed E-state index contributed by atoms with van der Waals surface area (Å²) in [6.07, 6.45) is 0.747. The minimum atomic E-state index is -0.467. The van der Waals surface area contributed by atoms with Gasteiger partial charge in [0.1, 0.15) is 5.82 Å². The van der Waals surface area contributed by atoms with Crippen molar-refractivity contribution in [1.82, 2.24) is 4.57 Å². The molecule has 4 heteroatoms. The number of rotatable bonds is 5. The van der Waals surface area contributed by atoms with E-state index in [0.29, 0.717) is 17.0 Å². The summed E-state index contributed by atoms with van der Waals surface area (Å²) in [4.78, 5) is 12.1. The standard InChI is InChI=1S/C19H25FN2O/c1-6-16-18(14-8-7-9-15(20)10-14)17(19(21)23)13(5)22(16)12(4)11(2)3/h7-12H,6H2,1-5H3,(H2,21,23). The van der Waals surface area contributed by atoms with Gasteiger partial charge < -0.3 is 10.3 Å². The number of primary amides is 1. The molecule has 0 saturated heterocycles. The topological polar surface area (TPSA) is 48.0 Å². The number of aromatic nitrogens is 1. The molecule has 0 aliphatic carbocycles. The van der Waals surface area contributed by atoms with E-state index in [1.54, 1.807) is 6.07 Å². The number of carbonyl (C=O) groups excluding carboxylic acids is 1. The van der Waals surface area contributed by atoms with E-state index in [2.05, 4.69) is 25.3 Å². The number of benzene rings is 1. The molecule has 1 aromatic heterocycles. The average molecular weight is 316 g/mol. The molecule has 23 heavy (non-hydrogen) atoms. The van der Waals surface area contributed by atoms with Crippen molar-refractivity contribution >= 4 is 5.91 Å². The van der Waals surface area contributed by atoms with Gasteiger partial charge in [0.2, 0.25) is 0 Å². The number of hydrogen-bond acceptors (Lipinski definition) is 1. The fourth-order valence-electron chi connectivity index (χ4n) is 3.22. The molecule has 1 heterocycles. The van der Waals surface area contributed by atoms with E-state index in [1.807, 2.05) is 19.9 Å². The number of hydrogen-bond donors (Lipinski definition) is 1. The molecule has 1 atom stereocenters. The van der Waals surface area contributed by atoms with E-state index < -0.39 is 5.91 Å². The third-order valence-corrected chi connectivity index (χ3v) is 4.62. The van der Waals surface area contributed by atoms with Crippen molar-refractivity contribution in [1.29, 1.82) is 0 Å². The van der Waals surface area contributed by atoms with Crippen LogP contribution in [0.4, 0.5) is 4.39 Å². The quantitative estimate of drug-likeness (QED) is 0.868. The van der Waals surface area contributed by atoms with E-state index in [1.165, 1.54) is 12.1 Å². The van der Waals surface area contributed by atoms with Gasteiger partial charge in [-0.15, -0.1) is 0 Å². The monoisotopic (exact) mass is 316 g/mol. The molecule has 2 aromatic rings. The molecule has 0 saturated carbocycles. The molecule has 0 spiro atoms. The summed E-state index contributed by atoms with van der Waals surface area (Å²) in [6, 6.07) is 6.58. The van der Waals surface area contributed by atoms with Gasteiger partial charge in [-0.3, -0.25) is 4.79 Å². The van der Waals surface area contributed by atoms with Gasteiger partial charge in [-0.2, -0.15) is 0 Å². The third kappa shape index (κ3) is 3.03. The van der Waals surface area contributed by atoms with Gasteiger partial charge in [0.15, 0.2) is 0 Å². The Hall–Kier alpha value is -2.10. The first-order valence-electron chi connectivity index (χ1n) is 8.08. The Labute approximate surface area is 137 Å². The molecule has 124 valence electrons. The Kier molecular flexibility index (Phi) is 4.93. The Balaban J connectivity index is 2.84. The summed E-state index contributed by atoms with van der Waals surface area (Å²) < 4.78 is 15.9. The first-order valence-corrected chi connectivity index (χ1v) is 8.08. The molecule has 0 radical (unpaired) electrons. The smallest absolute Gasteiger partial charge is 0.251 e. The number of nitrogens with two attached hydrogens (primary N) is 1. The van der Waals surface area contributed by atoms with Gasteiger partial charge in [-0.1, -0.05) is 32.9 Å². The average Bonchev–Trinajstić information content (AvgIpc) is 2.78. The molecule has 2 N–H and O–H groups in total. The van der Waals surface area contributed by atoms with Crippen LogP contribution < -0.4 is 5.73 Å². The lowest BCUT2D eigenvalue weighted by molar-refractivity contribution is 0.1000. The molecule has 1 unspecified atom stereocenters. The lowest BCUT2D eigenvalue weighted by atomic mass is 9.98. The minimum absolute atomic E-state index is 0.227. The molecule has 0 aliphatic heterocycles. The predicted molar refractivity (Wildman–Crippen MR) is 92.0 cm³/mol. The van der Waals surface area contributed by atoms with Crippen molar-refractivity contribution in [2.75, 3.05) is 0 Å². The van der Waals surface area contributed by atoms with Gasteiger partial charge in [0.05, 0.1) is 5.56 Å². The Morgan fingerprint density at radius 3 is 2.43 bits per heavy atom. The predicted octanol–water partition coefficient (Wildman–Crippen LogP) is 4.48. The third-order valence-electron chi connectivity index (χ3n) is 4.62. The normalized spacial score (nSPS) is 12.7. The second-order valence-corrected chi connectivity index (χ2v) is 6.36. The fourth-order valence-corrected chi connectivity index (χ4v) is 3.22. The minimum Gasteiger partial charge on any atom is -0.366 e. The molecule has 0 bridgehead atoms. The zero-order valence-corrected chi connectivity index (χ0v) is 14.5. The van der Waals surface area contributed by atoms with Crippen molar-refractivity contribution in [2.24, 2.45) is 11.7 Å². The summed E-state index contributed by atoms with van der Waals surface area (Å²) in [5.41, 5.74) is 9.52. The highest BCUT2D eigenvalue weighted by molar-refractivity contribution is 6.02. The molecule has 2 rings (SSSR count). The van der Waals surface area contributed by atoms with Gasteiger partial charge in [-0.05, 0) is 43.9 Å². The van der Waals surface area contributed by atoms with Crippen LogP contribution in [-0.4, -0.2) is 10.5 Å². The van der Waals surface area contributed by atoms with Crippen molar-refractivity contribution in [2.45, 2.75) is 47.1 Å². The zero-order chi connectivity index (χ0) is 17.3. The van der Waals surface area contributed by atoms with Crippen LogP contribution in [0.1, 0.15) is 55.5 Å². The van der Waals surface area contributed by atoms with Crippen LogP contribution in [0.15, 0.2) is 24.3 Å². The van der Waals surface area contributed by atoms with Gasteiger partial charge in [0, 0.05) is 23.0 Å². The maximum absolute atomic E-state index is 13.7. The SMILES string of the molecule is CCc1c(-c2cccc(F)c2)c(C(N)=O)c(C)n1C(C)C(C)C. The largest absolute Gasteiger partial charge is 0.366 e. The van der Waals surface area contributed by atoms with Gasteiger partial charge in [-0.25, -0.2) is 4.39 Å². The van der Waals surface area contributed by atoms with Gasteiger partial charge in [0.25, 0.3) is 5.91 Å². The lowest BCUT2D eigenvalue weighted by Gasteiger charge is -2.23. The lowest BCUT2D eigenvalue weighted by Crippen LogP contribution is -2.17. The first kappa shape index (κ1) is 17.3. The first-order chi connectivity index (χ1) is 10.8. The Bertz CT molecular complexity index is 731. The zero-order valence-electron chi connectivity index (χ0n) is 14.5.